The van der Waals surface area contributed by atoms with E-state index in [0.29, 0.717) is 18.8 Å². The summed E-state index contributed by atoms with van der Waals surface area (Å²) in [5.74, 6) is -0.998. The Morgan fingerprint density at radius 1 is 1.21 bits per heavy atom. The normalized spacial score (nSPS) is 18.6. The number of nitrogens with zero attached hydrogens (tertiary/aromatic N) is 3. The quantitative estimate of drug-likeness (QED) is 0.747. The fourth-order valence-corrected chi connectivity index (χ4v) is 4.23. The van der Waals surface area contributed by atoms with Gasteiger partial charge in [-0.2, -0.15) is 13.2 Å². The molecule has 0 atom stereocenters. The van der Waals surface area contributed by atoms with Crippen LogP contribution in [0.25, 0.3) is 0 Å². The molecule has 0 unspecified atom stereocenters. The van der Waals surface area contributed by atoms with Crippen molar-refractivity contribution in [2.24, 2.45) is 0 Å². The van der Waals surface area contributed by atoms with E-state index in [0.717, 1.165) is 25.1 Å². The summed E-state index contributed by atoms with van der Waals surface area (Å²) in [6.07, 6.45) is 5.01. The summed E-state index contributed by atoms with van der Waals surface area (Å²) in [6.45, 7) is 1.89. The van der Waals surface area contributed by atoms with Crippen molar-refractivity contribution in [2.75, 3.05) is 18.1 Å². The average molecular weight is 409 g/mol. The van der Waals surface area contributed by atoms with Gasteiger partial charge in [-0.1, -0.05) is 0 Å². The van der Waals surface area contributed by atoms with Gasteiger partial charge in [0.25, 0.3) is 0 Å². The topological polar surface area (TPSA) is 56.7 Å². The molecule has 28 heavy (non-hydrogen) atoms. The maximum Gasteiger partial charge on any atom is 0.446 e. The average Bonchev–Trinajstić information content (AvgIpc) is 3.32. The monoisotopic (exact) mass is 409 g/mol. The van der Waals surface area contributed by atoms with Crippen molar-refractivity contribution >= 4 is 23.4 Å². The SMILES string of the molecule is O=C(O)c1cnccc1CN1CN(c2ccc(SC(F)(F)F)cc2)CC12CC2. The number of carboxylic acids is 1. The molecule has 1 aliphatic carbocycles. The fourth-order valence-electron chi connectivity index (χ4n) is 3.69. The van der Waals surface area contributed by atoms with Crippen LogP contribution in [0.3, 0.4) is 0 Å². The Labute approximate surface area is 164 Å². The van der Waals surface area contributed by atoms with E-state index < -0.39 is 11.5 Å². The molecule has 2 aliphatic rings. The molecular weight excluding hydrogens is 391 g/mol. The Bertz CT molecular complexity index is 885. The van der Waals surface area contributed by atoms with Gasteiger partial charge >= 0.3 is 11.5 Å². The number of rotatable bonds is 5. The van der Waals surface area contributed by atoms with E-state index in [1.165, 1.54) is 18.3 Å². The van der Waals surface area contributed by atoms with Crippen LogP contribution in [0.4, 0.5) is 18.9 Å². The highest BCUT2D eigenvalue weighted by molar-refractivity contribution is 8.00. The number of hydrogen-bond acceptors (Lipinski definition) is 5. The standard InChI is InChI=1S/C19H18F3N3O2S/c20-19(21,22)28-15-3-1-14(2-4-15)24-11-18(6-7-18)25(12-24)10-13-5-8-23-9-16(13)17(26)27/h1-5,8-9H,6-7,10-12H2,(H,26,27). The minimum absolute atomic E-state index is 0.0123. The number of halogens is 3. The molecule has 148 valence electrons. The lowest BCUT2D eigenvalue weighted by molar-refractivity contribution is -0.0328. The van der Waals surface area contributed by atoms with Gasteiger partial charge in [-0.05, 0) is 60.5 Å². The number of carboxylic acid groups (broad SMARTS) is 1. The summed E-state index contributed by atoms with van der Waals surface area (Å²) >= 11 is -0.120. The Morgan fingerprint density at radius 2 is 1.93 bits per heavy atom. The number of alkyl halides is 3. The van der Waals surface area contributed by atoms with Crippen molar-refractivity contribution in [3.63, 3.8) is 0 Å². The van der Waals surface area contributed by atoms with Gasteiger partial charge in [0.2, 0.25) is 0 Å². The zero-order chi connectivity index (χ0) is 19.9. The molecule has 1 aromatic heterocycles. The second-order valence-electron chi connectivity index (χ2n) is 7.14. The first kappa shape index (κ1) is 19.1. The third kappa shape index (κ3) is 3.95. The van der Waals surface area contributed by atoms with Gasteiger partial charge < -0.3 is 10.0 Å². The van der Waals surface area contributed by atoms with Crippen molar-refractivity contribution in [1.82, 2.24) is 9.88 Å². The molecule has 1 spiro atoms. The van der Waals surface area contributed by atoms with Crippen molar-refractivity contribution < 1.29 is 23.1 Å². The van der Waals surface area contributed by atoms with E-state index in [1.54, 1.807) is 24.4 Å². The lowest BCUT2D eigenvalue weighted by Crippen LogP contribution is -2.32. The number of thioether (sulfide) groups is 1. The predicted molar refractivity (Wildman–Crippen MR) is 99.3 cm³/mol. The molecule has 1 saturated heterocycles. The molecule has 5 nitrogen and oxygen atoms in total. The van der Waals surface area contributed by atoms with Crippen LogP contribution in [0.2, 0.25) is 0 Å². The molecule has 2 fully saturated rings. The summed E-state index contributed by atoms with van der Waals surface area (Å²) in [6, 6.07) is 8.12. The van der Waals surface area contributed by atoms with Gasteiger partial charge in [0, 0.05) is 41.6 Å². The van der Waals surface area contributed by atoms with Gasteiger partial charge in [0.15, 0.2) is 0 Å². The van der Waals surface area contributed by atoms with E-state index in [9.17, 15) is 23.1 Å². The molecule has 1 aliphatic heterocycles. The lowest BCUT2D eigenvalue weighted by Gasteiger charge is -2.23. The van der Waals surface area contributed by atoms with Crippen molar-refractivity contribution in [3.05, 3.63) is 53.9 Å². The zero-order valence-electron chi connectivity index (χ0n) is 14.8. The van der Waals surface area contributed by atoms with Crippen molar-refractivity contribution in [3.8, 4) is 0 Å². The molecule has 0 bridgehead atoms. The van der Waals surface area contributed by atoms with Gasteiger partial charge in [-0.25, -0.2) is 4.79 Å². The maximum atomic E-state index is 12.5. The molecule has 0 amide bonds. The van der Waals surface area contributed by atoms with E-state index in [1.807, 2.05) is 0 Å². The maximum absolute atomic E-state index is 12.5. The second kappa shape index (κ2) is 6.97. The van der Waals surface area contributed by atoms with Crippen LogP contribution in [0.15, 0.2) is 47.6 Å². The Kier molecular flexibility index (Phi) is 4.75. The number of anilines is 1. The largest absolute Gasteiger partial charge is 0.478 e. The van der Waals surface area contributed by atoms with Crippen LogP contribution in [0.1, 0.15) is 28.8 Å². The van der Waals surface area contributed by atoms with E-state index in [-0.39, 0.29) is 27.8 Å². The van der Waals surface area contributed by atoms with Gasteiger partial charge in [-0.15, -0.1) is 0 Å². The number of aromatic carboxylic acids is 1. The van der Waals surface area contributed by atoms with Crippen molar-refractivity contribution in [2.45, 2.75) is 35.3 Å². The Balaban J connectivity index is 1.49. The van der Waals surface area contributed by atoms with Gasteiger partial charge in [-0.3, -0.25) is 9.88 Å². The van der Waals surface area contributed by atoms with Crippen LogP contribution in [-0.4, -0.2) is 45.2 Å². The molecule has 0 radical (unpaired) electrons. The summed E-state index contributed by atoms with van der Waals surface area (Å²) in [5.41, 5.74) is -2.50. The van der Waals surface area contributed by atoms with Gasteiger partial charge in [0.05, 0.1) is 12.2 Å². The van der Waals surface area contributed by atoms with E-state index in [2.05, 4.69) is 14.8 Å². The smallest absolute Gasteiger partial charge is 0.446 e. The van der Waals surface area contributed by atoms with Crippen LogP contribution >= 0.6 is 11.8 Å². The number of benzene rings is 1. The number of pyridine rings is 1. The Morgan fingerprint density at radius 3 is 2.54 bits per heavy atom. The minimum Gasteiger partial charge on any atom is -0.478 e. The molecular formula is C19H18F3N3O2S. The van der Waals surface area contributed by atoms with Crippen molar-refractivity contribution in [1.29, 1.82) is 0 Å². The van der Waals surface area contributed by atoms with Crippen LogP contribution in [-0.2, 0) is 6.54 Å². The molecule has 2 aromatic rings. The lowest BCUT2D eigenvalue weighted by atomic mass is 10.1. The highest BCUT2D eigenvalue weighted by atomic mass is 32.2. The van der Waals surface area contributed by atoms with Crippen LogP contribution in [0.5, 0.6) is 0 Å². The number of aromatic nitrogens is 1. The first-order valence-electron chi connectivity index (χ1n) is 8.78. The fraction of sp³-hybridized carbons (Fsp3) is 0.368. The van der Waals surface area contributed by atoms with E-state index >= 15 is 0 Å². The first-order chi connectivity index (χ1) is 13.3. The van der Waals surface area contributed by atoms with Crippen LogP contribution in [0, 0.1) is 0 Å². The molecule has 2 heterocycles. The molecule has 4 rings (SSSR count). The van der Waals surface area contributed by atoms with Gasteiger partial charge in [0.1, 0.15) is 0 Å². The molecule has 1 aromatic carbocycles. The zero-order valence-corrected chi connectivity index (χ0v) is 15.6. The first-order valence-corrected chi connectivity index (χ1v) is 9.59. The molecule has 9 heteroatoms. The highest BCUT2D eigenvalue weighted by Crippen LogP contribution is 2.48. The summed E-state index contributed by atoms with van der Waals surface area (Å²) < 4.78 is 37.5. The summed E-state index contributed by atoms with van der Waals surface area (Å²) in [5, 5.41) is 9.37. The highest BCUT2D eigenvalue weighted by Gasteiger charge is 2.53. The summed E-state index contributed by atoms with van der Waals surface area (Å²) in [7, 11) is 0. The second-order valence-corrected chi connectivity index (χ2v) is 8.28. The number of hydrogen-bond donors (Lipinski definition) is 1. The minimum atomic E-state index is -4.30. The third-order valence-corrected chi connectivity index (χ3v) is 6.00. The molecule has 1 N–H and O–H groups in total. The third-order valence-electron chi connectivity index (χ3n) is 5.26. The van der Waals surface area contributed by atoms with E-state index in [4.69, 9.17) is 0 Å². The molecule has 1 saturated carbocycles. The number of carbonyl (C=O) groups is 1. The Hall–Kier alpha value is -2.26. The summed E-state index contributed by atoms with van der Waals surface area (Å²) in [4.78, 5) is 19.9. The van der Waals surface area contributed by atoms with Crippen LogP contribution < -0.4 is 4.90 Å². The predicted octanol–water partition coefficient (Wildman–Crippen LogP) is 4.20.